The van der Waals surface area contributed by atoms with Crippen molar-refractivity contribution in [1.82, 2.24) is 20.3 Å². The second kappa shape index (κ2) is 12.8. The minimum atomic E-state index is -4.36. The topological polar surface area (TPSA) is 127 Å². The quantitative estimate of drug-likeness (QED) is 0.170. The standard InChI is InChI=1S/C28H26F4N6O4S/c1-41-19-5-2-4-16(10-19)15-43(39,40)38-26-21(30)12-23(24(31)25(26)32)42-27-20(6-3-8-34-27)22-7-9-35-28(37-22)36-18-11-17(29)13-33-14-18/h2-10,12,17-18,33,38H,11,13-15H2,1H3,(H,35,36,37)/t17-,18-/m0/s1. The van der Waals surface area contributed by atoms with Crippen LogP contribution >= 0.6 is 0 Å². The summed E-state index contributed by atoms with van der Waals surface area (Å²) in [7, 11) is -2.96. The maximum Gasteiger partial charge on any atom is 0.237 e. The summed E-state index contributed by atoms with van der Waals surface area (Å²) in [5, 5.41) is 6.02. The second-order valence-corrected chi connectivity index (χ2v) is 11.4. The molecule has 1 saturated heterocycles. The molecule has 3 heterocycles. The van der Waals surface area contributed by atoms with Gasteiger partial charge in [-0.2, -0.15) is 4.39 Å². The zero-order valence-corrected chi connectivity index (χ0v) is 23.5. The molecule has 226 valence electrons. The first-order chi connectivity index (χ1) is 20.6. The van der Waals surface area contributed by atoms with E-state index in [0.29, 0.717) is 18.4 Å². The summed E-state index contributed by atoms with van der Waals surface area (Å²) >= 11 is 0. The van der Waals surface area contributed by atoms with Gasteiger partial charge < -0.3 is 20.1 Å². The first-order valence-corrected chi connectivity index (χ1v) is 14.7. The van der Waals surface area contributed by atoms with Crippen LogP contribution in [0.2, 0.25) is 0 Å². The van der Waals surface area contributed by atoms with Crippen molar-refractivity contribution in [1.29, 1.82) is 0 Å². The summed E-state index contributed by atoms with van der Waals surface area (Å²) in [6.07, 6.45) is 2.01. The van der Waals surface area contributed by atoms with Crippen molar-refractivity contribution < 1.29 is 35.5 Å². The zero-order chi connectivity index (χ0) is 30.6. The van der Waals surface area contributed by atoms with Gasteiger partial charge in [-0.1, -0.05) is 12.1 Å². The molecule has 0 radical (unpaired) electrons. The van der Waals surface area contributed by atoms with Gasteiger partial charge in [0, 0.05) is 44.0 Å². The van der Waals surface area contributed by atoms with Crippen LogP contribution in [0.3, 0.4) is 0 Å². The number of nitrogens with one attached hydrogen (secondary N) is 3. The molecule has 10 nitrogen and oxygen atoms in total. The molecule has 0 saturated carbocycles. The Labute approximate surface area is 244 Å². The van der Waals surface area contributed by atoms with E-state index in [9.17, 15) is 17.2 Å². The van der Waals surface area contributed by atoms with Crippen LogP contribution < -0.4 is 24.8 Å². The number of benzene rings is 2. The molecule has 15 heteroatoms. The predicted molar refractivity (Wildman–Crippen MR) is 151 cm³/mol. The van der Waals surface area contributed by atoms with Gasteiger partial charge in [-0.05, 0) is 35.9 Å². The Bertz CT molecular complexity index is 1730. The molecule has 0 spiro atoms. The van der Waals surface area contributed by atoms with Gasteiger partial charge in [-0.25, -0.2) is 36.5 Å². The number of alkyl halides is 1. The van der Waals surface area contributed by atoms with Crippen LogP contribution in [0.1, 0.15) is 12.0 Å². The van der Waals surface area contributed by atoms with Crippen molar-refractivity contribution in [3.8, 4) is 28.6 Å². The van der Waals surface area contributed by atoms with E-state index in [1.54, 1.807) is 29.0 Å². The van der Waals surface area contributed by atoms with Gasteiger partial charge in [-0.3, -0.25) is 4.72 Å². The van der Waals surface area contributed by atoms with E-state index in [0.717, 1.165) is 0 Å². The maximum absolute atomic E-state index is 15.1. The molecule has 3 N–H and O–H groups in total. The minimum absolute atomic E-state index is 0.196. The van der Waals surface area contributed by atoms with Crippen molar-refractivity contribution >= 4 is 21.7 Å². The number of rotatable bonds is 10. The smallest absolute Gasteiger partial charge is 0.237 e. The normalized spacial score (nSPS) is 16.9. The Morgan fingerprint density at radius 2 is 1.86 bits per heavy atom. The Morgan fingerprint density at radius 3 is 2.65 bits per heavy atom. The largest absolute Gasteiger partial charge is 0.497 e. The first-order valence-electron chi connectivity index (χ1n) is 13.0. The molecular weight excluding hydrogens is 592 g/mol. The molecule has 0 aliphatic carbocycles. The van der Waals surface area contributed by atoms with Gasteiger partial charge in [0.1, 0.15) is 17.6 Å². The third-order valence-corrected chi connectivity index (χ3v) is 7.64. The molecule has 2 aromatic carbocycles. The molecule has 43 heavy (non-hydrogen) atoms. The summed E-state index contributed by atoms with van der Waals surface area (Å²) in [6, 6.07) is 10.9. The lowest BCUT2D eigenvalue weighted by Crippen LogP contribution is -2.44. The zero-order valence-electron chi connectivity index (χ0n) is 22.7. The van der Waals surface area contributed by atoms with Gasteiger partial charge in [-0.15, -0.1) is 0 Å². The molecule has 1 aliphatic heterocycles. The average molecular weight is 619 g/mol. The highest BCUT2D eigenvalue weighted by Gasteiger charge is 2.26. The van der Waals surface area contributed by atoms with Crippen molar-refractivity contribution in [2.75, 3.05) is 30.2 Å². The van der Waals surface area contributed by atoms with E-state index in [1.807, 2.05) is 0 Å². The molecular formula is C28H26F4N6O4S. The van der Waals surface area contributed by atoms with Crippen molar-refractivity contribution in [3.63, 3.8) is 0 Å². The molecule has 5 rings (SSSR count). The molecule has 0 bridgehead atoms. The molecule has 2 aromatic heterocycles. The van der Waals surface area contributed by atoms with Crippen molar-refractivity contribution in [2.45, 2.75) is 24.4 Å². The lowest BCUT2D eigenvalue weighted by atomic mass is 10.1. The van der Waals surface area contributed by atoms with E-state index in [1.165, 1.54) is 37.7 Å². The van der Waals surface area contributed by atoms with Crippen molar-refractivity contribution in [3.05, 3.63) is 83.9 Å². The number of hydrogen-bond acceptors (Lipinski definition) is 9. The average Bonchev–Trinajstić information content (AvgIpc) is 2.98. The highest BCUT2D eigenvalue weighted by atomic mass is 32.2. The highest BCUT2D eigenvalue weighted by Crippen LogP contribution is 2.36. The van der Waals surface area contributed by atoms with Crippen LogP contribution in [0.5, 0.6) is 17.4 Å². The molecule has 2 atom stereocenters. The summed E-state index contributed by atoms with van der Waals surface area (Å²) in [6.45, 7) is 0.780. The van der Waals surface area contributed by atoms with Gasteiger partial charge in [0.15, 0.2) is 17.4 Å². The Morgan fingerprint density at radius 1 is 1.02 bits per heavy atom. The highest BCUT2D eigenvalue weighted by molar-refractivity contribution is 7.91. The Hall–Kier alpha value is -4.50. The fraction of sp³-hybridized carbons (Fsp3) is 0.250. The number of pyridine rings is 1. The lowest BCUT2D eigenvalue weighted by Gasteiger charge is -2.26. The second-order valence-electron chi connectivity index (χ2n) is 9.63. The van der Waals surface area contributed by atoms with Crippen LogP contribution in [-0.4, -0.2) is 55.8 Å². The fourth-order valence-electron chi connectivity index (χ4n) is 4.45. The summed E-state index contributed by atoms with van der Waals surface area (Å²) < 4.78 is 96.4. The third-order valence-electron chi connectivity index (χ3n) is 6.41. The molecule has 1 fully saturated rings. The van der Waals surface area contributed by atoms with E-state index in [2.05, 4.69) is 25.6 Å². The number of methoxy groups -OCH3 is 1. The van der Waals surface area contributed by atoms with Crippen LogP contribution in [0.25, 0.3) is 11.3 Å². The minimum Gasteiger partial charge on any atom is -0.497 e. The number of ether oxygens (including phenoxy) is 2. The van der Waals surface area contributed by atoms with E-state index >= 15 is 8.78 Å². The van der Waals surface area contributed by atoms with Gasteiger partial charge in [0.2, 0.25) is 27.7 Å². The third kappa shape index (κ3) is 7.29. The monoisotopic (exact) mass is 618 g/mol. The maximum atomic E-state index is 15.1. The number of hydrogen-bond donors (Lipinski definition) is 3. The van der Waals surface area contributed by atoms with Crippen molar-refractivity contribution in [2.24, 2.45) is 0 Å². The number of nitrogens with zero attached hydrogens (tertiary/aromatic N) is 3. The van der Waals surface area contributed by atoms with E-state index in [4.69, 9.17) is 9.47 Å². The molecule has 4 aromatic rings. The lowest BCUT2D eigenvalue weighted by molar-refractivity contribution is 0.254. The van der Waals surface area contributed by atoms with Gasteiger partial charge in [0.05, 0.1) is 24.1 Å². The van der Waals surface area contributed by atoms with Crippen LogP contribution in [0.15, 0.2) is 60.9 Å². The number of anilines is 2. The number of halogens is 4. The number of sulfonamides is 1. The number of aromatic nitrogens is 3. The fourth-order valence-corrected chi connectivity index (χ4v) is 5.63. The predicted octanol–water partition coefficient (Wildman–Crippen LogP) is 4.81. The molecule has 0 unspecified atom stereocenters. The molecule has 0 amide bonds. The van der Waals surface area contributed by atoms with Crippen LogP contribution in [0.4, 0.5) is 29.2 Å². The van der Waals surface area contributed by atoms with E-state index < -0.39 is 50.8 Å². The summed E-state index contributed by atoms with van der Waals surface area (Å²) in [5.41, 5.74) is -0.403. The van der Waals surface area contributed by atoms with Crippen LogP contribution in [-0.2, 0) is 15.8 Å². The first kappa shape index (κ1) is 30.0. The molecule has 1 aliphatic rings. The Kier molecular flexibility index (Phi) is 8.92. The van der Waals surface area contributed by atoms with Crippen LogP contribution in [0, 0.1) is 17.5 Å². The Balaban J connectivity index is 1.37. The number of piperidine rings is 1. The summed E-state index contributed by atoms with van der Waals surface area (Å²) in [5.74, 6) is -6.04. The van der Waals surface area contributed by atoms with E-state index in [-0.39, 0.29) is 47.7 Å². The van der Waals surface area contributed by atoms with Gasteiger partial charge >= 0.3 is 0 Å². The summed E-state index contributed by atoms with van der Waals surface area (Å²) in [4.78, 5) is 12.6. The van der Waals surface area contributed by atoms with Gasteiger partial charge in [0.25, 0.3) is 0 Å². The SMILES string of the molecule is COc1cccc(CS(=O)(=O)Nc2c(F)cc(Oc3ncccc3-c3ccnc(N[C@@H]4CNC[C@@H](F)C4)n3)c(F)c2F)c1.